The SMILES string of the molecule is O=C(O)CC(OC(=O)CS)C1CC2C=CC1C2. The number of carbonyl (C=O) groups excluding carboxylic acids is 1. The molecule has 1 fully saturated rings. The van der Waals surface area contributed by atoms with E-state index in [2.05, 4.69) is 24.8 Å². The number of carbonyl (C=O) groups is 2. The predicted molar refractivity (Wildman–Crippen MR) is 64.8 cm³/mol. The molecule has 0 amide bonds. The molecule has 0 spiro atoms. The van der Waals surface area contributed by atoms with E-state index in [9.17, 15) is 9.59 Å². The van der Waals surface area contributed by atoms with Gasteiger partial charge in [0, 0.05) is 5.92 Å². The van der Waals surface area contributed by atoms with Crippen molar-refractivity contribution in [3.8, 4) is 0 Å². The Morgan fingerprint density at radius 2 is 2.18 bits per heavy atom. The van der Waals surface area contributed by atoms with Crippen LogP contribution in [0.5, 0.6) is 0 Å². The van der Waals surface area contributed by atoms with Crippen molar-refractivity contribution in [1.29, 1.82) is 0 Å². The van der Waals surface area contributed by atoms with E-state index < -0.39 is 18.0 Å². The summed E-state index contributed by atoms with van der Waals surface area (Å²) < 4.78 is 5.22. The van der Waals surface area contributed by atoms with Gasteiger partial charge in [0.25, 0.3) is 0 Å². The second-order valence-electron chi connectivity index (χ2n) is 4.73. The molecule has 5 heteroatoms. The van der Waals surface area contributed by atoms with Crippen molar-refractivity contribution in [2.45, 2.75) is 25.4 Å². The van der Waals surface area contributed by atoms with Crippen LogP contribution in [0.2, 0.25) is 0 Å². The molecule has 2 aliphatic carbocycles. The quantitative estimate of drug-likeness (QED) is 0.445. The van der Waals surface area contributed by atoms with Crippen molar-refractivity contribution in [1.82, 2.24) is 0 Å². The van der Waals surface area contributed by atoms with E-state index in [1.165, 1.54) is 0 Å². The second-order valence-corrected chi connectivity index (χ2v) is 5.04. The summed E-state index contributed by atoms with van der Waals surface area (Å²) in [4.78, 5) is 22.1. The highest BCUT2D eigenvalue weighted by molar-refractivity contribution is 7.81. The first-order chi connectivity index (χ1) is 8.10. The van der Waals surface area contributed by atoms with Crippen LogP contribution in [0.1, 0.15) is 19.3 Å². The molecule has 1 saturated carbocycles. The number of aliphatic carboxylic acids is 1. The third-order valence-electron chi connectivity index (χ3n) is 3.60. The minimum atomic E-state index is -0.922. The smallest absolute Gasteiger partial charge is 0.315 e. The van der Waals surface area contributed by atoms with Gasteiger partial charge < -0.3 is 9.84 Å². The summed E-state index contributed by atoms with van der Waals surface area (Å²) in [6.45, 7) is 0. The van der Waals surface area contributed by atoms with Gasteiger partial charge in [0.2, 0.25) is 0 Å². The fraction of sp³-hybridized carbons (Fsp3) is 0.667. The van der Waals surface area contributed by atoms with Crippen LogP contribution in [0.3, 0.4) is 0 Å². The first kappa shape index (κ1) is 12.5. The number of rotatable bonds is 5. The Labute approximate surface area is 105 Å². The molecule has 4 nitrogen and oxygen atoms in total. The third kappa shape index (κ3) is 2.83. The average Bonchev–Trinajstić information content (AvgIpc) is 2.88. The van der Waals surface area contributed by atoms with Crippen molar-refractivity contribution >= 4 is 24.6 Å². The van der Waals surface area contributed by atoms with E-state index >= 15 is 0 Å². The fourth-order valence-electron chi connectivity index (χ4n) is 2.91. The lowest BCUT2D eigenvalue weighted by molar-refractivity contribution is -0.154. The maximum absolute atomic E-state index is 11.3. The Morgan fingerprint density at radius 3 is 2.65 bits per heavy atom. The van der Waals surface area contributed by atoms with E-state index in [4.69, 9.17) is 9.84 Å². The Hall–Kier alpha value is -0.970. The van der Waals surface area contributed by atoms with Gasteiger partial charge >= 0.3 is 11.9 Å². The molecule has 2 rings (SSSR count). The number of ether oxygens (including phenoxy) is 1. The van der Waals surface area contributed by atoms with Crippen LogP contribution in [0.15, 0.2) is 12.2 Å². The van der Waals surface area contributed by atoms with Gasteiger partial charge in [-0.25, -0.2) is 0 Å². The highest BCUT2D eigenvalue weighted by Gasteiger charge is 2.42. The molecule has 0 aromatic carbocycles. The molecule has 2 bridgehead atoms. The standard InChI is InChI=1S/C12H16O4S/c13-11(14)5-10(16-12(15)6-17)9-4-7-1-2-8(9)3-7/h1-2,7-10,17H,3-6H2,(H,13,14). The van der Waals surface area contributed by atoms with Crippen LogP contribution in [0.4, 0.5) is 0 Å². The average molecular weight is 256 g/mol. The van der Waals surface area contributed by atoms with Gasteiger partial charge in [0.05, 0.1) is 12.2 Å². The molecule has 0 aliphatic heterocycles. The zero-order chi connectivity index (χ0) is 12.4. The summed E-state index contributed by atoms with van der Waals surface area (Å²) in [6, 6.07) is 0. The van der Waals surface area contributed by atoms with Crippen molar-refractivity contribution in [2.24, 2.45) is 17.8 Å². The minimum absolute atomic E-state index is 0.00717. The van der Waals surface area contributed by atoms with Crippen LogP contribution >= 0.6 is 12.6 Å². The number of hydrogen-bond acceptors (Lipinski definition) is 4. The fourth-order valence-corrected chi connectivity index (χ4v) is 2.98. The van der Waals surface area contributed by atoms with Crippen molar-refractivity contribution in [3.05, 3.63) is 12.2 Å². The van der Waals surface area contributed by atoms with Crippen molar-refractivity contribution < 1.29 is 19.4 Å². The van der Waals surface area contributed by atoms with Crippen LogP contribution in [0.25, 0.3) is 0 Å². The maximum atomic E-state index is 11.3. The van der Waals surface area contributed by atoms with Crippen LogP contribution in [-0.4, -0.2) is 28.9 Å². The molecule has 2 aliphatic rings. The summed E-state index contributed by atoms with van der Waals surface area (Å²) >= 11 is 3.84. The first-order valence-electron chi connectivity index (χ1n) is 5.80. The zero-order valence-corrected chi connectivity index (χ0v) is 10.3. The van der Waals surface area contributed by atoms with Gasteiger partial charge in [-0.2, -0.15) is 12.6 Å². The van der Waals surface area contributed by atoms with Crippen molar-refractivity contribution in [2.75, 3.05) is 5.75 Å². The molecular weight excluding hydrogens is 240 g/mol. The summed E-state index contributed by atoms with van der Waals surface area (Å²) in [7, 11) is 0. The monoisotopic (exact) mass is 256 g/mol. The molecule has 0 heterocycles. The van der Waals surface area contributed by atoms with Gasteiger partial charge in [-0.15, -0.1) is 0 Å². The number of carboxylic acid groups (broad SMARTS) is 1. The second kappa shape index (κ2) is 5.12. The van der Waals surface area contributed by atoms with Crippen molar-refractivity contribution in [3.63, 3.8) is 0 Å². The number of hydrogen-bond donors (Lipinski definition) is 2. The summed E-state index contributed by atoms with van der Waals surface area (Å²) in [5, 5.41) is 8.87. The largest absolute Gasteiger partial charge is 0.481 e. The lowest BCUT2D eigenvalue weighted by Crippen LogP contribution is -2.32. The van der Waals surface area contributed by atoms with Gasteiger partial charge in [-0.1, -0.05) is 12.2 Å². The number of carboxylic acids is 1. The molecule has 0 aromatic rings. The number of esters is 1. The number of fused-ring (bicyclic) bond motifs is 2. The molecule has 94 valence electrons. The lowest BCUT2D eigenvalue weighted by atomic mass is 9.87. The maximum Gasteiger partial charge on any atom is 0.315 e. The van der Waals surface area contributed by atoms with Crippen LogP contribution in [-0.2, 0) is 14.3 Å². The zero-order valence-electron chi connectivity index (χ0n) is 9.41. The van der Waals surface area contributed by atoms with E-state index in [1.807, 2.05) is 0 Å². The van der Waals surface area contributed by atoms with Gasteiger partial charge in [0.1, 0.15) is 6.10 Å². The van der Waals surface area contributed by atoms with Gasteiger partial charge in [0.15, 0.2) is 0 Å². The molecule has 4 atom stereocenters. The summed E-state index contributed by atoms with van der Waals surface area (Å²) in [5.41, 5.74) is 0. The molecule has 17 heavy (non-hydrogen) atoms. The molecule has 0 aromatic heterocycles. The Balaban J connectivity index is 2.02. The molecular formula is C12H16O4S. The normalized spacial score (nSPS) is 31.5. The molecule has 0 saturated heterocycles. The minimum Gasteiger partial charge on any atom is -0.481 e. The number of thiol groups is 1. The van der Waals surface area contributed by atoms with Gasteiger partial charge in [-0.3, -0.25) is 9.59 Å². The lowest BCUT2D eigenvalue weighted by Gasteiger charge is -2.27. The van der Waals surface area contributed by atoms with E-state index in [0.29, 0.717) is 11.8 Å². The topological polar surface area (TPSA) is 63.6 Å². The van der Waals surface area contributed by atoms with E-state index in [-0.39, 0.29) is 18.1 Å². The molecule has 1 N–H and O–H groups in total. The Kier molecular flexibility index (Phi) is 3.76. The number of allylic oxidation sites excluding steroid dienone is 2. The van der Waals surface area contributed by atoms with Crippen LogP contribution < -0.4 is 0 Å². The van der Waals surface area contributed by atoms with Crippen LogP contribution in [0, 0.1) is 17.8 Å². The Morgan fingerprint density at radius 1 is 1.41 bits per heavy atom. The van der Waals surface area contributed by atoms with E-state index in [0.717, 1.165) is 12.8 Å². The predicted octanol–water partition coefficient (Wildman–Crippen LogP) is 1.51. The Bertz CT molecular complexity index is 352. The summed E-state index contributed by atoms with van der Waals surface area (Å²) in [5.74, 6) is -0.301. The summed E-state index contributed by atoms with van der Waals surface area (Å²) in [6.07, 6.45) is 5.69. The van der Waals surface area contributed by atoms with Gasteiger partial charge in [-0.05, 0) is 24.7 Å². The highest BCUT2D eigenvalue weighted by atomic mass is 32.1. The molecule has 0 radical (unpaired) electrons. The third-order valence-corrected chi connectivity index (χ3v) is 3.85. The molecule has 4 unspecified atom stereocenters. The first-order valence-corrected chi connectivity index (χ1v) is 6.44. The highest BCUT2D eigenvalue weighted by Crippen LogP contribution is 2.46. The van der Waals surface area contributed by atoms with E-state index in [1.54, 1.807) is 0 Å².